The van der Waals surface area contributed by atoms with Gasteiger partial charge in [-0.3, -0.25) is 9.80 Å². The highest BCUT2D eigenvalue weighted by Gasteiger charge is 2.48. The van der Waals surface area contributed by atoms with Crippen molar-refractivity contribution >= 4 is 11.8 Å². The molecule has 178 valence electrons. The predicted molar refractivity (Wildman–Crippen MR) is 109 cm³/mol. The first kappa shape index (κ1) is 23.4. The third-order valence-corrected chi connectivity index (χ3v) is 6.61. The molecule has 0 spiro atoms. The molecule has 33 heavy (non-hydrogen) atoms. The highest BCUT2D eigenvalue weighted by molar-refractivity contribution is 5.86. The molecule has 3 unspecified atom stereocenters. The molecule has 2 aromatic rings. The molecule has 1 aliphatic heterocycles. The van der Waals surface area contributed by atoms with E-state index in [2.05, 4.69) is 4.90 Å². The molecule has 10 heteroatoms. The normalized spacial score (nSPS) is 23.2. The maximum atomic E-state index is 13.3. The Hall–Kier alpha value is -2.75. The van der Waals surface area contributed by atoms with E-state index in [1.807, 2.05) is 30.3 Å². The van der Waals surface area contributed by atoms with E-state index in [1.165, 1.54) is 0 Å². The van der Waals surface area contributed by atoms with Gasteiger partial charge in [-0.1, -0.05) is 30.3 Å². The number of piperidine rings is 1. The van der Waals surface area contributed by atoms with Gasteiger partial charge in [0.05, 0.1) is 11.1 Å². The van der Waals surface area contributed by atoms with Gasteiger partial charge in [0.1, 0.15) is 0 Å². The minimum atomic E-state index is -5.04. The largest absolute Gasteiger partial charge is 0.465 e. The summed E-state index contributed by atoms with van der Waals surface area (Å²) in [6.45, 7) is 1.22. The van der Waals surface area contributed by atoms with E-state index < -0.39 is 35.3 Å². The van der Waals surface area contributed by atoms with Crippen LogP contribution in [0.3, 0.4) is 0 Å². The average Bonchev–Trinajstić information content (AvgIpc) is 3.27. The summed E-state index contributed by atoms with van der Waals surface area (Å²) in [4.78, 5) is 14.8. The number of rotatable bonds is 5. The Morgan fingerprint density at radius 3 is 2.12 bits per heavy atom. The van der Waals surface area contributed by atoms with Crippen LogP contribution >= 0.6 is 0 Å². The molecule has 0 aromatic heterocycles. The fourth-order valence-corrected chi connectivity index (χ4v) is 5.11. The van der Waals surface area contributed by atoms with E-state index in [4.69, 9.17) is 0 Å². The number of alkyl halides is 6. The highest BCUT2D eigenvalue weighted by atomic mass is 19.4. The van der Waals surface area contributed by atoms with E-state index in [-0.39, 0.29) is 30.5 Å². The lowest BCUT2D eigenvalue weighted by molar-refractivity contribution is -0.143. The molecule has 1 saturated carbocycles. The average molecular weight is 472 g/mol. The number of amides is 1. The maximum Gasteiger partial charge on any atom is 0.416 e. The maximum absolute atomic E-state index is 13.3. The van der Waals surface area contributed by atoms with Crippen LogP contribution in [-0.2, 0) is 18.9 Å². The molecule has 1 heterocycles. The van der Waals surface area contributed by atoms with Crippen LogP contribution in [0.2, 0.25) is 0 Å². The van der Waals surface area contributed by atoms with Gasteiger partial charge in [-0.15, -0.1) is 0 Å². The zero-order chi connectivity index (χ0) is 24.0. The van der Waals surface area contributed by atoms with Crippen LogP contribution in [0.1, 0.15) is 29.5 Å². The summed E-state index contributed by atoms with van der Waals surface area (Å²) in [6, 6.07) is 10.7. The quantitative estimate of drug-likeness (QED) is 0.534. The van der Waals surface area contributed by atoms with Gasteiger partial charge in [-0.05, 0) is 48.4 Å². The first-order chi connectivity index (χ1) is 15.4. The third-order valence-electron chi connectivity index (χ3n) is 6.61. The summed E-state index contributed by atoms with van der Waals surface area (Å²) >= 11 is 0. The zero-order valence-electron chi connectivity index (χ0n) is 17.4. The molecule has 3 atom stereocenters. The molecule has 0 radical (unpaired) electrons. The molecule has 1 N–H and O–H groups in total. The molecule has 2 aromatic carbocycles. The van der Waals surface area contributed by atoms with Crippen molar-refractivity contribution in [2.75, 3.05) is 18.0 Å². The summed E-state index contributed by atoms with van der Waals surface area (Å²) in [5.74, 6) is -0.0397. The molecule has 1 aliphatic carbocycles. The number of fused-ring (bicyclic) bond motifs is 2. The summed E-state index contributed by atoms with van der Waals surface area (Å²) in [7, 11) is 0. The molecule has 4 rings (SSSR count). The molecule has 2 bridgehead atoms. The minimum Gasteiger partial charge on any atom is -0.465 e. The standard InChI is InChI=1S/C23H22F6N2O2/c24-22(25,26)16-8-17(23(27,28)29)10-18(9-16)31(21(32)33)13-19-15-6-7-20(19)30(12-15)11-14-4-2-1-3-5-14/h1-5,8-10,15,19-20H,6-7,11-13H2,(H,32,33). The van der Waals surface area contributed by atoms with Gasteiger partial charge in [0.25, 0.3) is 0 Å². The number of anilines is 1. The molecule has 2 fully saturated rings. The van der Waals surface area contributed by atoms with Crippen molar-refractivity contribution in [3.05, 3.63) is 65.2 Å². The van der Waals surface area contributed by atoms with Crippen LogP contribution in [0.4, 0.5) is 36.8 Å². The Kier molecular flexibility index (Phi) is 6.07. The second-order valence-electron chi connectivity index (χ2n) is 8.64. The Morgan fingerprint density at radius 1 is 0.970 bits per heavy atom. The van der Waals surface area contributed by atoms with Gasteiger partial charge < -0.3 is 5.11 Å². The van der Waals surface area contributed by atoms with Crippen molar-refractivity contribution < 1.29 is 36.2 Å². The summed E-state index contributed by atoms with van der Waals surface area (Å²) in [6.07, 6.45) is -10.0. The van der Waals surface area contributed by atoms with Gasteiger partial charge in [0.15, 0.2) is 0 Å². The Morgan fingerprint density at radius 2 is 1.58 bits per heavy atom. The zero-order valence-corrected chi connectivity index (χ0v) is 17.4. The Labute approximate surface area is 186 Å². The Bertz CT molecular complexity index is 976. The fraction of sp³-hybridized carbons (Fsp3) is 0.435. The smallest absolute Gasteiger partial charge is 0.416 e. The SMILES string of the molecule is O=C(O)N(CC1C2CCC1N(Cc1ccccc1)C2)c1cc(C(F)(F)F)cc(C(F)(F)F)c1. The first-order valence-electron chi connectivity index (χ1n) is 10.5. The van der Waals surface area contributed by atoms with Gasteiger partial charge in [-0.25, -0.2) is 4.79 Å². The van der Waals surface area contributed by atoms with Crippen molar-refractivity contribution in [3.8, 4) is 0 Å². The van der Waals surface area contributed by atoms with Gasteiger partial charge in [0, 0.05) is 31.4 Å². The number of likely N-dealkylation sites (tertiary alicyclic amines) is 1. The lowest BCUT2D eigenvalue weighted by Gasteiger charge is -2.29. The summed E-state index contributed by atoms with van der Waals surface area (Å²) in [5, 5.41) is 9.72. The van der Waals surface area contributed by atoms with Crippen LogP contribution in [0, 0.1) is 11.8 Å². The number of benzene rings is 2. The monoisotopic (exact) mass is 472 g/mol. The van der Waals surface area contributed by atoms with E-state index >= 15 is 0 Å². The lowest BCUT2D eigenvalue weighted by Crippen LogP contribution is -2.39. The number of halogens is 6. The molecule has 4 nitrogen and oxygen atoms in total. The van der Waals surface area contributed by atoms with E-state index in [1.54, 1.807) is 0 Å². The number of carboxylic acid groups (broad SMARTS) is 1. The van der Waals surface area contributed by atoms with E-state index in [9.17, 15) is 36.2 Å². The topological polar surface area (TPSA) is 43.8 Å². The highest BCUT2D eigenvalue weighted by Crippen LogP contribution is 2.45. The van der Waals surface area contributed by atoms with E-state index in [0.717, 1.165) is 18.4 Å². The number of hydrogen-bond acceptors (Lipinski definition) is 2. The predicted octanol–water partition coefficient (Wildman–Crippen LogP) is 6.12. The summed E-state index contributed by atoms with van der Waals surface area (Å²) < 4.78 is 79.5. The van der Waals surface area contributed by atoms with E-state index in [0.29, 0.717) is 30.1 Å². The van der Waals surface area contributed by atoms with Crippen LogP contribution in [0.5, 0.6) is 0 Å². The number of carbonyl (C=O) groups is 1. The van der Waals surface area contributed by atoms with Crippen molar-refractivity contribution in [1.29, 1.82) is 0 Å². The number of nitrogens with zero attached hydrogens (tertiary/aromatic N) is 2. The summed E-state index contributed by atoms with van der Waals surface area (Å²) in [5.41, 5.74) is -2.59. The minimum absolute atomic E-state index is 0.00435. The molecule has 1 amide bonds. The second kappa shape index (κ2) is 8.55. The molecule has 1 saturated heterocycles. The van der Waals surface area contributed by atoms with Crippen LogP contribution in [0.25, 0.3) is 0 Å². The van der Waals surface area contributed by atoms with Crippen molar-refractivity contribution in [1.82, 2.24) is 4.90 Å². The fourth-order valence-electron chi connectivity index (χ4n) is 5.11. The molecule has 2 aliphatic rings. The van der Waals surface area contributed by atoms with Crippen LogP contribution in [-0.4, -0.2) is 35.2 Å². The van der Waals surface area contributed by atoms with Crippen molar-refractivity contribution in [2.24, 2.45) is 11.8 Å². The van der Waals surface area contributed by atoms with Crippen molar-refractivity contribution in [2.45, 2.75) is 37.8 Å². The number of hydrogen-bond donors (Lipinski definition) is 1. The Balaban J connectivity index is 1.61. The molecular weight excluding hydrogens is 450 g/mol. The second-order valence-corrected chi connectivity index (χ2v) is 8.64. The van der Waals surface area contributed by atoms with Gasteiger partial charge >= 0.3 is 18.4 Å². The third kappa shape index (κ3) is 4.95. The van der Waals surface area contributed by atoms with Gasteiger partial charge in [0.2, 0.25) is 0 Å². The van der Waals surface area contributed by atoms with Gasteiger partial charge in [-0.2, -0.15) is 26.3 Å². The van der Waals surface area contributed by atoms with Crippen LogP contribution in [0.15, 0.2) is 48.5 Å². The lowest BCUT2D eigenvalue weighted by atomic mass is 9.97. The molecular formula is C23H22F6N2O2. The van der Waals surface area contributed by atoms with Crippen molar-refractivity contribution in [3.63, 3.8) is 0 Å². The first-order valence-corrected chi connectivity index (χ1v) is 10.5. The van der Waals surface area contributed by atoms with Crippen LogP contribution < -0.4 is 4.90 Å².